The maximum Gasteiger partial charge on any atom is 0.259 e. The van der Waals surface area contributed by atoms with Crippen LogP contribution in [0.15, 0.2) is 42.0 Å². The van der Waals surface area contributed by atoms with E-state index in [9.17, 15) is 9.90 Å². The number of carbonyl (C=O) groups excluding carboxylic acids is 1. The molecule has 0 bridgehead atoms. The van der Waals surface area contributed by atoms with Crippen LogP contribution in [0.1, 0.15) is 70.3 Å². The van der Waals surface area contributed by atoms with Gasteiger partial charge in [-0.25, -0.2) is 0 Å². The SMILES string of the molecule is CC1CCC=C1CCN(C(=O)C(O)(c1ccccc1)C1CCCC1)C1CCNCC1. The first-order chi connectivity index (χ1) is 14.6. The van der Waals surface area contributed by atoms with Gasteiger partial charge in [-0.2, -0.15) is 0 Å². The smallest absolute Gasteiger partial charge is 0.259 e. The molecule has 3 aliphatic rings. The molecule has 1 heterocycles. The molecular weight excluding hydrogens is 372 g/mol. The fraction of sp³-hybridized carbons (Fsp3) is 0.654. The second-order valence-corrected chi connectivity index (χ2v) is 9.60. The van der Waals surface area contributed by atoms with Crippen molar-refractivity contribution < 1.29 is 9.90 Å². The summed E-state index contributed by atoms with van der Waals surface area (Å²) in [6.07, 6.45) is 11.7. The van der Waals surface area contributed by atoms with Gasteiger partial charge in [-0.15, -0.1) is 0 Å². The third-order valence-electron chi connectivity index (χ3n) is 7.78. The number of aliphatic hydroxyl groups is 1. The number of allylic oxidation sites excluding steroid dienone is 1. The molecule has 4 heteroatoms. The number of carbonyl (C=O) groups is 1. The van der Waals surface area contributed by atoms with Crippen molar-refractivity contribution in [3.8, 4) is 0 Å². The molecular formula is C26H38N2O2. The lowest BCUT2D eigenvalue weighted by Gasteiger charge is -2.42. The summed E-state index contributed by atoms with van der Waals surface area (Å²) in [5.41, 5.74) is 0.860. The van der Waals surface area contributed by atoms with Gasteiger partial charge in [0.15, 0.2) is 5.60 Å². The lowest BCUT2D eigenvalue weighted by molar-refractivity contribution is -0.162. The van der Waals surface area contributed by atoms with Crippen molar-refractivity contribution in [3.63, 3.8) is 0 Å². The summed E-state index contributed by atoms with van der Waals surface area (Å²) in [5, 5.41) is 15.5. The van der Waals surface area contributed by atoms with Crippen LogP contribution in [0, 0.1) is 11.8 Å². The van der Waals surface area contributed by atoms with Crippen molar-refractivity contribution in [2.24, 2.45) is 11.8 Å². The summed E-state index contributed by atoms with van der Waals surface area (Å²) >= 11 is 0. The Morgan fingerprint density at radius 1 is 1.10 bits per heavy atom. The summed E-state index contributed by atoms with van der Waals surface area (Å²) in [4.78, 5) is 16.2. The highest BCUT2D eigenvalue weighted by Gasteiger charge is 2.49. The normalized spacial score (nSPS) is 25.1. The molecule has 4 nitrogen and oxygen atoms in total. The third kappa shape index (κ3) is 4.36. The third-order valence-corrected chi connectivity index (χ3v) is 7.78. The quantitative estimate of drug-likeness (QED) is 0.656. The van der Waals surface area contributed by atoms with E-state index in [1.54, 1.807) is 0 Å². The van der Waals surface area contributed by atoms with E-state index in [2.05, 4.69) is 23.2 Å². The van der Waals surface area contributed by atoms with Gasteiger partial charge < -0.3 is 15.3 Å². The molecule has 1 saturated heterocycles. The molecule has 2 aliphatic carbocycles. The van der Waals surface area contributed by atoms with E-state index in [0.29, 0.717) is 5.92 Å². The fourth-order valence-electron chi connectivity index (χ4n) is 5.86. The zero-order chi connectivity index (χ0) is 21.0. The second kappa shape index (κ2) is 9.65. The molecule has 2 fully saturated rings. The van der Waals surface area contributed by atoms with Crippen LogP contribution >= 0.6 is 0 Å². The number of nitrogens with zero attached hydrogens (tertiary/aromatic N) is 1. The van der Waals surface area contributed by atoms with Crippen LogP contribution in [0.2, 0.25) is 0 Å². The summed E-state index contributed by atoms with van der Waals surface area (Å²) in [5.74, 6) is 0.581. The lowest BCUT2D eigenvalue weighted by atomic mass is 9.78. The molecule has 0 spiro atoms. The van der Waals surface area contributed by atoms with Crippen molar-refractivity contribution >= 4 is 5.91 Å². The molecule has 1 aromatic carbocycles. The van der Waals surface area contributed by atoms with Crippen LogP contribution in [0.4, 0.5) is 0 Å². The largest absolute Gasteiger partial charge is 0.375 e. The minimum Gasteiger partial charge on any atom is -0.375 e. The van der Waals surface area contributed by atoms with Gasteiger partial charge in [-0.05, 0) is 69.5 Å². The molecule has 2 unspecified atom stereocenters. The highest BCUT2D eigenvalue weighted by Crippen LogP contribution is 2.42. The summed E-state index contributed by atoms with van der Waals surface area (Å²) in [7, 11) is 0. The van der Waals surface area contributed by atoms with Crippen molar-refractivity contribution in [2.75, 3.05) is 19.6 Å². The molecule has 0 aromatic heterocycles. The minimum atomic E-state index is -1.40. The van der Waals surface area contributed by atoms with E-state index >= 15 is 0 Å². The van der Waals surface area contributed by atoms with Crippen molar-refractivity contribution in [1.29, 1.82) is 0 Å². The average molecular weight is 411 g/mol. The highest BCUT2D eigenvalue weighted by molar-refractivity contribution is 5.87. The van der Waals surface area contributed by atoms with E-state index < -0.39 is 5.60 Å². The summed E-state index contributed by atoms with van der Waals surface area (Å²) in [6, 6.07) is 9.95. The number of hydrogen-bond acceptors (Lipinski definition) is 3. The number of hydrogen-bond donors (Lipinski definition) is 2. The Hall–Kier alpha value is -1.65. The first-order valence-electron chi connectivity index (χ1n) is 12.1. The van der Waals surface area contributed by atoms with Gasteiger partial charge in [0.1, 0.15) is 0 Å². The first kappa shape index (κ1) is 21.6. The van der Waals surface area contributed by atoms with Gasteiger partial charge in [0.2, 0.25) is 0 Å². The van der Waals surface area contributed by atoms with Gasteiger partial charge in [0.05, 0.1) is 0 Å². The van der Waals surface area contributed by atoms with E-state index in [0.717, 1.165) is 76.6 Å². The molecule has 0 radical (unpaired) electrons. The molecule has 1 aromatic rings. The molecule has 30 heavy (non-hydrogen) atoms. The van der Waals surface area contributed by atoms with Gasteiger partial charge in [0, 0.05) is 18.5 Å². The van der Waals surface area contributed by atoms with Crippen LogP contribution in [0.3, 0.4) is 0 Å². The van der Waals surface area contributed by atoms with Crippen LogP contribution in [-0.4, -0.2) is 41.6 Å². The van der Waals surface area contributed by atoms with E-state index in [1.165, 1.54) is 12.0 Å². The number of amides is 1. The summed E-state index contributed by atoms with van der Waals surface area (Å²) < 4.78 is 0. The Morgan fingerprint density at radius 3 is 2.43 bits per heavy atom. The van der Waals surface area contributed by atoms with E-state index in [4.69, 9.17) is 0 Å². The highest BCUT2D eigenvalue weighted by atomic mass is 16.3. The number of benzene rings is 1. The van der Waals surface area contributed by atoms with Crippen molar-refractivity contribution in [2.45, 2.75) is 76.4 Å². The van der Waals surface area contributed by atoms with Gasteiger partial charge in [-0.3, -0.25) is 4.79 Å². The molecule has 1 amide bonds. The number of rotatable bonds is 7. The van der Waals surface area contributed by atoms with Gasteiger partial charge in [0.25, 0.3) is 5.91 Å². The van der Waals surface area contributed by atoms with Crippen LogP contribution in [0.5, 0.6) is 0 Å². The fourth-order valence-corrected chi connectivity index (χ4v) is 5.86. The average Bonchev–Trinajstić information content (AvgIpc) is 3.47. The predicted octanol–water partition coefficient (Wildman–Crippen LogP) is 4.39. The Balaban J connectivity index is 1.63. The zero-order valence-corrected chi connectivity index (χ0v) is 18.5. The van der Waals surface area contributed by atoms with Crippen molar-refractivity contribution in [1.82, 2.24) is 10.2 Å². The molecule has 4 rings (SSSR count). The van der Waals surface area contributed by atoms with E-state index in [1.807, 2.05) is 30.3 Å². The Morgan fingerprint density at radius 2 is 1.80 bits per heavy atom. The van der Waals surface area contributed by atoms with Crippen LogP contribution in [-0.2, 0) is 10.4 Å². The standard InChI is InChI=1S/C26H38N2O2/c1-20-8-7-9-21(20)16-19-28(24-14-17-27-18-15-24)25(29)26(30,23-12-5-6-13-23)22-10-3-2-4-11-22/h2-4,9-11,20,23-24,27,30H,5-8,12-19H2,1H3. The molecule has 2 atom stereocenters. The first-order valence-corrected chi connectivity index (χ1v) is 12.1. The molecule has 1 aliphatic heterocycles. The van der Waals surface area contributed by atoms with Crippen molar-refractivity contribution in [3.05, 3.63) is 47.5 Å². The maximum absolute atomic E-state index is 14.2. The van der Waals surface area contributed by atoms with Crippen LogP contribution < -0.4 is 5.32 Å². The summed E-state index contributed by atoms with van der Waals surface area (Å²) in [6.45, 7) is 4.91. The molecule has 1 saturated carbocycles. The minimum absolute atomic E-state index is 0.0150. The van der Waals surface area contributed by atoms with Gasteiger partial charge >= 0.3 is 0 Å². The second-order valence-electron chi connectivity index (χ2n) is 9.60. The van der Waals surface area contributed by atoms with E-state index in [-0.39, 0.29) is 17.9 Å². The number of nitrogens with one attached hydrogen (secondary N) is 1. The molecule has 2 N–H and O–H groups in total. The molecule has 164 valence electrons. The van der Waals surface area contributed by atoms with Gasteiger partial charge in [-0.1, -0.05) is 61.7 Å². The topological polar surface area (TPSA) is 52.6 Å². The monoisotopic (exact) mass is 410 g/mol. The zero-order valence-electron chi connectivity index (χ0n) is 18.5. The maximum atomic E-state index is 14.2. The Bertz CT molecular complexity index is 735. The van der Waals surface area contributed by atoms with Crippen LogP contribution in [0.25, 0.3) is 0 Å². The Labute approximate surface area is 181 Å². The Kier molecular flexibility index (Phi) is 6.94. The lowest BCUT2D eigenvalue weighted by Crippen LogP contribution is -2.56. The number of piperidine rings is 1. The predicted molar refractivity (Wildman–Crippen MR) is 121 cm³/mol.